The lowest BCUT2D eigenvalue weighted by molar-refractivity contribution is 0.00720. The van der Waals surface area contributed by atoms with E-state index in [4.69, 9.17) is 4.74 Å². The highest BCUT2D eigenvalue weighted by Crippen LogP contribution is 2.45. The summed E-state index contributed by atoms with van der Waals surface area (Å²) in [6.45, 7) is 5.66. The third kappa shape index (κ3) is 3.40. The Labute approximate surface area is 147 Å². The standard InChI is InChI=1S/C21H32N2O/c1-22(16-18-7-3-2-4-8-18)19-9-10-21(11-14-24-17-21)15-20(19)23-12-5-6-13-23/h2-4,7-8,19-20H,5-6,9-17H2,1H3/t19-,20-,21?/m1/s1. The van der Waals surface area contributed by atoms with Gasteiger partial charge in [0.15, 0.2) is 0 Å². The molecule has 1 unspecified atom stereocenters. The first-order valence-corrected chi connectivity index (χ1v) is 9.82. The lowest BCUT2D eigenvalue weighted by Gasteiger charge is -2.48. The molecule has 3 aliphatic rings. The van der Waals surface area contributed by atoms with Crippen molar-refractivity contribution in [2.45, 2.75) is 57.2 Å². The normalized spacial score (nSPS) is 34.4. The molecule has 1 aliphatic carbocycles. The molecule has 4 rings (SSSR count). The molecule has 0 bridgehead atoms. The second kappa shape index (κ2) is 7.15. The van der Waals surface area contributed by atoms with Crippen LogP contribution in [-0.4, -0.2) is 55.2 Å². The van der Waals surface area contributed by atoms with Gasteiger partial charge in [-0.25, -0.2) is 0 Å². The number of ether oxygens (including phenoxy) is 1. The van der Waals surface area contributed by atoms with E-state index in [0.717, 1.165) is 25.8 Å². The second-order valence-corrected chi connectivity index (χ2v) is 8.32. The van der Waals surface area contributed by atoms with Crippen molar-refractivity contribution in [3.63, 3.8) is 0 Å². The molecule has 1 saturated carbocycles. The van der Waals surface area contributed by atoms with Crippen molar-refractivity contribution >= 4 is 0 Å². The van der Waals surface area contributed by atoms with Crippen LogP contribution in [0.2, 0.25) is 0 Å². The fraction of sp³-hybridized carbons (Fsp3) is 0.714. The molecule has 132 valence electrons. The predicted octanol–water partition coefficient (Wildman–Crippen LogP) is 3.54. The molecule has 3 heteroatoms. The van der Waals surface area contributed by atoms with Gasteiger partial charge in [-0.1, -0.05) is 30.3 Å². The van der Waals surface area contributed by atoms with E-state index in [2.05, 4.69) is 47.2 Å². The number of nitrogens with zero attached hydrogens (tertiary/aromatic N) is 2. The van der Waals surface area contributed by atoms with E-state index < -0.39 is 0 Å². The lowest BCUT2D eigenvalue weighted by Crippen LogP contribution is -2.55. The van der Waals surface area contributed by atoms with E-state index in [1.54, 1.807) is 0 Å². The van der Waals surface area contributed by atoms with Crippen LogP contribution < -0.4 is 0 Å². The Hall–Kier alpha value is -0.900. The summed E-state index contributed by atoms with van der Waals surface area (Å²) in [5, 5.41) is 0. The molecule has 2 heterocycles. The van der Waals surface area contributed by atoms with Gasteiger partial charge in [0, 0.05) is 25.2 Å². The zero-order valence-electron chi connectivity index (χ0n) is 15.1. The molecule has 2 saturated heterocycles. The average molecular weight is 329 g/mol. The van der Waals surface area contributed by atoms with E-state index in [-0.39, 0.29) is 0 Å². The Bertz CT molecular complexity index is 520. The third-order valence-electron chi connectivity index (χ3n) is 6.69. The summed E-state index contributed by atoms with van der Waals surface area (Å²) in [4.78, 5) is 5.42. The quantitative estimate of drug-likeness (QED) is 0.841. The monoisotopic (exact) mass is 328 g/mol. The Morgan fingerprint density at radius 2 is 1.96 bits per heavy atom. The van der Waals surface area contributed by atoms with Crippen LogP contribution >= 0.6 is 0 Å². The van der Waals surface area contributed by atoms with Crippen LogP contribution in [0.25, 0.3) is 0 Å². The molecule has 1 spiro atoms. The number of rotatable bonds is 4. The smallest absolute Gasteiger partial charge is 0.0523 e. The van der Waals surface area contributed by atoms with E-state index in [1.807, 2.05) is 0 Å². The number of hydrogen-bond acceptors (Lipinski definition) is 3. The molecule has 0 amide bonds. The first-order chi connectivity index (χ1) is 11.8. The van der Waals surface area contributed by atoms with Crippen LogP contribution in [0.3, 0.4) is 0 Å². The number of likely N-dealkylation sites (N-methyl/N-ethyl adjacent to an activating group) is 1. The molecule has 1 aromatic carbocycles. The Kier molecular flexibility index (Phi) is 4.93. The number of likely N-dealkylation sites (tertiary alicyclic amines) is 1. The van der Waals surface area contributed by atoms with Crippen molar-refractivity contribution in [2.24, 2.45) is 5.41 Å². The minimum absolute atomic E-state index is 0.483. The average Bonchev–Trinajstić information content (AvgIpc) is 3.28. The predicted molar refractivity (Wildman–Crippen MR) is 98.0 cm³/mol. The molecule has 24 heavy (non-hydrogen) atoms. The van der Waals surface area contributed by atoms with Crippen molar-refractivity contribution in [3.05, 3.63) is 35.9 Å². The molecule has 0 radical (unpaired) electrons. The van der Waals surface area contributed by atoms with E-state index in [9.17, 15) is 0 Å². The van der Waals surface area contributed by atoms with Gasteiger partial charge in [0.1, 0.15) is 0 Å². The SMILES string of the molecule is CN(Cc1ccccc1)[C@@H]1CCC2(CCOC2)C[C@H]1N1CCCC1. The molecular formula is C21H32N2O. The second-order valence-electron chi connectivity index (χ2n) is 8.32. The van der Waals surface area contributed by atoms with Gasteiger partial charge in [-0.3, -0.25) is 9.80 Å². The van der Waals surface area contributed by atoms with Crippen LogP contribution in [-0.2, 0) is 11.3 Å². The van der Waals surface area contributed by atoms with E-state index in [1.165, 1.54) is 57.2 Å². The highest BCUT2D eigenvalue weighted by atomic mass is 16.5. The van der Waals surface area contributed by atoms with Crippen molar-refractivity contribution in [2.75, 3.05) is 33.4 Å². The van der Waals surface area contributed by atoms with Gasteiger partial charge < -0.3 is 4.74 Å². The maximum atomic E-state index is 5.81. The lowest BCUT2D eigenvalue weighted by atomic mass is 9.69. The maximum Gasteiger partial charge on any atom is 0.0523 e. The molecule has 3 atom stereocenters. The summed E-state index contributed by atoms with van der Waals surface area (Å²) in [5.41, 5.74) is 1.92. The van der Waals surface area contributed by atoms with Gasteiger partial charge >= 0.3 is 0 Å². The molecule has 1 aromatic rings. The van der Waals surface area contributed by atoms with Gasteiger partial charge in [-0.15, -0.1) is 0 Å². The summed E-state index contributed by atoms with van der Waals surface area (Å²) in [6.07, 6.45) is 8.07. The van der Waals surface area contributed by atoms with Crippen LogP contribution in [0.1, 0.15) is 44.1 Å². The Morgan fingerprint density at radius 1 is 1.17 bits per heavy atom. The zero-order valence-corrected chi connectivity index (χ0v) is 15.1. The van der Waals surface area contributed by atoms with Gasteiger partial charge in [0.25, 0.3) is 0 Å². The van der Waals surface area contributed by atoms with E-state index in [0.29, 0.717) is 11.5 Å². The summed E-state index contributed by atoms with van der Waals surface area (Å²) >= 11 is 0. The summed E-state index contributed by atoms with van der Waals surface area (Å²) in [5.74, 6) is 0. The zero-order chi connectivity index (χ0) is 16.4. The maximum absolute atomic E-state index is 5.81. The molecule has 0 N–H and O–H groups in total. The van der Waals surface area contributed by atoms with E-state index >= 15 is 0 Å². The van der Waals surface area contributed by atoms with Gasteiger partial charge in [-0.2, -0.15) is 0 Å². The van der Waals surface area contributed by atoms with Crippen LogP contribution in [0, 0.1) is 5.41 Å². The molecule has 0 aromatic heterocycles. The Morgan fingerprint density at radius 3 is 2.67 bits per heavy atom. The van der Waals surface area contributed by atoms with Crippen molar-refractivity contribution in [1.29, 1.82) is 0 Å². The summed E-state index contributed by atoms with van der Waals surface area (Å²) in [7, 11) is 2.34. The topological polar surface area (TPSA) is 15.7 Å². The molecule has 2 aliphatic heterocycles. The largest absolute Gasteiger partial charge is 0.381 e. The van der Waals surface area contributed by atoms with Crippen molar-refractivity contribution < 1.29 is 4.74 Å². The molecular weight excluding hydrogens is 296 g/mol. The van der Waals surface area contributed by atoms with Crippen molar-refractivity contribution in [1.82, 2.24) is 9.80 Å². The van der Waals surface area contributed by atoms with Gasteiger partial charge in [0.05, 0.1) is 6.61 Å². The van der Waals surface area contributed by atoms with Crippen molar-refractivity contribution in [3.8, 4) is 0 Å². The Balaban J connectivity index is 1.49. The minimum Gasteiger partial charge on any atom is -0.381 e. The fourth-order valence-electron chi connectivity index (χ4n) is 5.28. The fourth-order valence-corrected chi connectivity index (χ4v) is 5.28. The minimum atomic E-state index is 0.483. The molecule has 3 nitrogen and oxygen atoms in total. The third-order valence-corrected chi connectivity index (χ3v) is 6.69. The molecule has 3 fully saturated rings. The van der Waals surface area contributed by atoms with Gasteiger partial charge in [-0.05, 0) is 69.6 Å². The van der Waals surface area contributed by atoms with Crippen LogP contribution in [0.15, 0.2) is 30.3 Å². The highest BCUT2D eigenvalue weighted by Gasteiger charge is 2.46. The first kappa shape index (κ1) is 16.6. The number of benzene rings is 1. The summed E-state index contributed by atoms with van der Waals surface area (Å²) in [6, 6.07) is 12.4. The summed E-state index contributed by atoms with van der Waals surface area (Å²) < 4.78 is 5.81. The number of hydrogen-bond donors (Lipinski definition) is 0. The highest BCUT2D eigenvalue weighted by molar-refractivity contribution is 5.15. The van der Waals surface area contributed by atoms with Crippen LogP contribution in [0.5, 0.6) is 0 Å². The first-order valence-electron chi connectivity index (χ1n) is 9.82. The van der Waals surface area contributed by atoms with Crippen LogP contribution in [0.4, 0.5) is 0 Å². The van der Waals surface area contributed by atoms with Gasteiger partial charge in [0.2, 0.25) is 0 Å².